The molecule has 0 spiro atoms. The molecular weight excluding hydrogens is 212 g/mol. The largest absolute Gasteiger partial charge is 0.455 e. The van der Waals surface area contributed by atoms with Crippen LogP contribution in [0.25, 0.3) is 0 Å². The first-order chi connectivity index (χ1) is 7.53. The fourth-order valence-electron chi connectivity index (χ4n) is 1.96. The topological polar surface area (TPSA) is 61.8 Å². The predicted octanol–water partition coefficient (Wildman–Crippen LogP) is 0.580. The van der Waals surface area contributed by atoms with Crippen LogP contribution in [0.15, 0.2) is 12.2 Å². The summed E-state index contributed by atoms with van der Waals surface area (Å²) in [6, 6.07) is 0. The maximum atomic E-state index is 11.5. The minimum atomic E-state index is -0.842. The molecule has 0 bridgehead atoms. The fourth-order valence-corrected chi connectivity index (χ4v) is 1.96. The molecule has 88 valence electrons. The second kappa shape index (κ2) is 3.90. The molecule has 2 aliphatic heterocycles. The first-order valence-corrected chi connectivity index (χ1v) is 5.19. The van der Waals surface area contributed by atoms with E-state index >= 15 is 0 Å². The molecule has 0 aromatic rings. The SMILES string of the molecule is C=C(C)C(=O)OC12CCOCC1OC(=O)C2. The summed E-state index contributed by atoms with van der Waals surface area (Å²) < 4.78 is 15.7. The van der Waals surface area contributed by atoms with E-state index in [2.05, 4.69) is 6.58 Å². The Morgan fingerprint density at radius 3 is 3.06 bits per heavy atom. The summed E-state index contributed by atoms with van der Waals surface area (Å²) in [7, 11) is 0. The van der Waals surface area contributed by atoms with Gasteiger partial charge in [-0.05, 0) is 6.92 Å². The fraction of sp³-hybridized carbons (Fsp3) is 0.636. The first-order valence-electron chi connectivity index (χ1n) is 5.19. The second-order valence-electron chi connectivity index (χ2n) is 4.21. The van der Waals surface area contributed by atoms with Gasteiger partial charge in [-0.15, -0.1) is 0 Å². The Kier molecular flexibility index (Phi) is 2.71. The number of ether oxygens (including phenoxy) is 3. The number of hydrogen-bond donors (Lipinski definition) is 0. The molecule has 2 atom stereocenters. The number of fused-ring (bicyclic) bond motifs is 1. The lowest BCUT2D eigenvalue weighted by molar-refractivity contribution is -0.180. The molecule has 2 fully saturated rings. The van der Waals surface area contributed by atoms with Gasteiger partial charge in [0.05, 0.1) is 19.6 Å². The van der Waals surface area contributed by atoms with Crippen molar-refractivity contribution in [1.82, 2.24) is 0 Å². The van der Waals surface area contributed by atoms with Crippen molar-refractivity contribution in [3.05, 3.63) is 12.2 Å². The lowest BCUT2D eigenvalue weighted by Crippen LogP contribution is -2.49. The van der Waals surface area contributed by atoms with E-state index in [1.807, 2.05) is 0 Å². The Bertz CT molecular complexity index is 348. The summed E-state index contributed by atoms with van der Waals surface area (Å²) in [4.78, 5) is 22.8. The molecule has 5 heteroatoms. The Labute approximate surface area is 93.4 Å². The van der Waals surface area contributed by atoms with Gasteiger partial charge in [0, 0.05) is 12.0 Å². The molecule has 0 amide bonds. The molecule has 0 aliphatic carbocycles. The van der Waals surface area contributed by atoms with Gasteiger partial charge in [0.2, 0.25) is 0 Å². The molecule has 0 radical (unpaired) electrons. The van der Waals surface area contributed by atoms with E-state index in [9.17, 15) is 9.59 Å². The van der Waals surface area contributed by atoms with E-state index in [1.54, 1.807) is 6.92 Å². The molecule has 2 saturated heterocycles. The highest BCUT2D eigenvalue weighted by molar-refractivity contribution is 5.88. The predicted molar refractivity (Wildman–Crippen MR) is 53.6 cm³/mol. The molecule has 2 heterocycles. The van der Waals surface area contributed by atoms with E-state index in [4.69, 9.17) is 14.2 Å². The summed E-state index contributed by atoms with van der Waals surface area (Å²) in [6.45, 7) is 5.85. The van der Waals surface area contributed by atoms with E-state index in [0.29, 0.717) is 18.6 Å². The van der Waals surface area contributed by atoms with Crippen LogP contribution in [0, 0.1) is 0 Å². The van der Waals surface area contributed by atoms with Crippen LogP contribution in [0.2, 0.25) is 0 Å². The number of esters is 2. The van der Waals surface area contributed by atoms with Crippen LogP contribution in [0.5, 0.6) is 0 Å². The van der Waals surface area contributed by atoms with Gasteiger partial charge in [0.15, 0.2) is 11.7 Å². The molecule has 5 nitrogen and oxygen atoms in total. The summed E-state index contributed by atoms with van der Waals surface area (Å²) in [5.41, 5.74) is -0.523. The zero-order chi connectivity index (χ0) is 11.8. The zero-order valence-electron chi connectivity index (χ0n) is 9.15. The van der Waals surface area contributed by atoms with E-state index in [1.165, 1.54) is 0 Å². The van der Waals surface area contributed by atoms with Crippen molar-refractivity contribution in [2.75, 3.05) is 13.2 Å². The highest BCUT2D eigenvalue weighted by atomic mass is 16.6. The summed E-state index contributed by atoms with van der Waals surface area (Å²) >= 11 is 0. The minimum absolute atomic E-state index is 0.111. The van der Waals surface area contributed by atoms with E-state index in [0.717, 1.165) is 0 Å². The maximum Gasteiger partial charge on any atom is 0.333 e. The zero-order valence-corrected chi connectivity index (χ0v) is 9.15. The lowest BCUT2D eigenvalue weighted by atomic mass is 9.90. The van der Waals surface area contributed by atoms with Crippen molar-refractivity contribution in [3.63, 3.8) is 0 Å². The van der Waals surface area contributed by atoms with Crippen LogP contribution in [-0.4, -0.2) is 36.9 Å². The Balaban J connectivity index is 2.16. The van der Waals surface area contributed by atoms with Crippen LogP contribution in [0.1, 0.15) is 19.8 Å². The van der Waals surface area contributed by atoms with Gasteiger partial charge in [-0.25, -0.2) is 4.79 Å². The summed E-state index contributed by atoms with van der Waals surface area (Å²) in [5.74, 6) is -0.824. The van der Waals surface area contributed by atoms with Gasteiger partial charge in [0.1, 0.15) is 0 Å². The van der Waals surface area contributed by atoms with Crippen molar-refractivity contribution >= 4 is 11.9 Å². The highest BCUT2D eigenvalue weighted by Crippen LogP contribution is 2.37. The van der Waals surface area contributed by atoms with Gasteiger partial charge in [-0.2, -0.15) is 0 Å². The highest BCUT2D eigenvalue weighted by Gasteiger charge is 2.54. The molecule has 16 heavy (non-hydrogen) atoms. The van der Waals surface area contributed by atoms with Gasteiger partial charge >= 0.3 is 11.9 Å². The molecule has 0 saturated carbocycles. The van der Waals surface area contributed by atoms with Crippen molar-refractivity contribution in [3.8, 4) is 0 Å². The smallest absolute Gasteiger partial charge is 0.333 e. The average molecular weight is 226 g/mol. The number of carbonyl (C=O) groups excluding carboxylic acids is 2. The molecule has 0 aromatic carbocycles. The average Bonchev–Trinajstić information content (AvgIpc) is 2.53. The molecule has 2 rings (SSSR count). The van der Waals surface area contributed by atoms with Crippen LogP contribution >= 0.6 is 0 Å². The number of carbonyl (C=O) groups is 2. The van der Waals surface area contributed by atoms with E-state index in [-0.39, 0.29) is 19.0 Å². The molecule has 2 aliphatic rings. The lowest BCUT2D eigenvalue weighted by Gasteiger charge is -2.35. The quantitative estimate of drug-likeness (QED) is 0.509. The molecule has 0 N–H and O–H groups in total. The Morgan fingerprint density at radius 2 is 2.38 bits per heavy atom. The van der Waals surface area contributed by atoms with Crippen LogP contribution in [-0.2, 0) is 23.8 Å². The van der Waals surface area contributed by atoms with Crippen LogP contribution < -0.4 is 0 Å². The second-order valence-corrected chi connectivity index (χ2v) is 4.21. The Morgan fingerprint density at radius 1 is 1.62 bits per heavy atom. The normalized spacial score (nSPS) is 32.8. The third-order valence-corrected chi connectivity index (χ3v) is 2.89. The van der Waals surface area contributed by atoms with Gasteiger partial charge in [0.25, 0.3) is 0 Å². The standard InChI is InChI=1S/C11H14O5/c1-7(2)10(13)16-11-3-4-14-6-8(11)15-9(12)5-11/h8H,1,3-6H2,2H3. The van der Waals surface area contributed by atoms with Crippen molar-refractivity contribution in [2.24, 2.45) is 0 Å². The van der Waals surface area contributed by atoms with Gasteiger partial charge in [-0.1, -0.05) is 6.58 Å². The number of rotatable bonds is 2. The molecular formula is C11H14O5. The van der Waals surface area contributed by atoms with Crippen LogP contribution in [0.3, 0.4) is 0 Å². The summed E-state index contributed by atoms with van der Waals surface area (Å²) in [5, 5.41) is 0. The maximum absolute atomic E-state index is 11.5. The first kappa shape index (κ1) is 11.1. The minimum Gasteiger partial charge on any atom is -0.455 e. The van der Waals surface area contributed by atoms with Crippen molar-refractivity contribution in [2.45, 2.75) is 31.5 Å². The van der Waals surface area contributed by atoms with Gasteiger partial charge < -0.3 is 14.2 Å². The number of hydrogen-bond acceptors (Lipinski definition) is 5. The monoisotopic (exact) mass is 226 g/mol. The Hall–Kier alpha value is -1.36. The third-order valence-electron chi connectivity index (χ3n) is 2.89. The van der Waals surface area contributed by atoms with Gasteiger partial charge in [-0.3, -0.25) is 4.79 Å². The molecule has 0 aromatic heterocycles. The van der Waals surface area contributed by atoms with E-state index < -0.39 is 17.7 Å². The van der Waals surface area contributed by atoms with Crippen LogP contribution in [0.4, 0.5) is 0 Å². The molecule has 2 unspecified atom stereocenters. The van der Waals surface area contributed by atoms with Crippen molar-refractivity contribution in [1.29, 1.82) is 0 Å². The summed E-state index contributed by atoms with van der Waals surface area (Å²) in [6.07, 6.45) is 0.125. The third kappa shape index (κ3) is 1.82. The van der Waals surface area contributed by atoms with Crippen molar-refractivity contribution < 1.29 is 23.8 Å².